The first-order valence-electron chi connectivity index (χ1n) is 8.13. The van der Waals surface area contributed by atoms with Gasteiger partial charge in [0.15, 0.2) is 11.5 Å². The molecule has 29 heavy (non-hydrogen) atoms. The quantitative estimate of drug-likeness (QED) is 0.384. The Labute approximate surface area is 177 Å². The Morgan fingerprint density at radius 1 is 1.28 bits per heavy atom. The van der Waals surface area contributed by atoms with Crippen LogP contribution in [0, 0.1) is 4.77 Å². The Morgan fingerprint density at radius 3 is 2.66 bits per heavy atom. The van der Waals surface area contributed by atoms with Gasteiger partial charge in [-0.3, -0.25) is 0 Å². The van der Waals surface area contributed by atoms with E-state index in [-0.39, 0.29) is 4.77 Å². The summed E-state index contributed by atoms with van der Waals surface area (Å²) in [5.74, 6) is -0.388. The van der Waals surface area contributed by atoms with Crippen LogP contribution in [0.2, 0.25) is 0 Å². The average molecular weight is 487 g/mol. The number of methoxy groups -OCH3 is 1. The van der Waals surface area contributed by atoms with Crippen molar-refractivity contribution >= 4 is 34.4 Å². The van der Waals surface area contributed by atoms with E-state index in [0.717, 1.165) is 5.56 Å². The fraction of sp³-hybridized carbons (Fsp3) is 0.167. The molecule has 0 fully saturated rings. The van der Waals surface area contributed by atoms with Crippen molar-refractivity contribution < 1.29 is 22.6 Å². The van der Waals surface area contributed by atoms with Crippen molar-refractivity contribution in [3.05, 3.63) is 68.7 Å². The molecule has 3 aromatic rings. The van der Waals surface area contributed by atoms with Crippen LogP contribution in [0.4, 0.5) is 13.2 Å². The lowest BCUT2D eigenvalue weighted by Gasteiger charge is -2.13. The summed E-state index contributed by atoms with van der Waals surface area (Å²) < 4.78 is 50.9. The van der Waals surface area contributed by atoms with Gasteiger partial charge in [0.2, 0.25) is 4.77 Å². The van der Waals surface area contributed by atoms with Crippen LogP contribution in [-0.4, -0.2) is 28.2 Å². The van der Waals surface area contributed by atoms with Gasteiger partial charge in [0, 0.05) is 0 Å². The molecule has 0 amide bonds. The molecule has 0 saturated carbocycles. The van der Waals surface area contributed by atoms with Gasteiger partial charge in [-0.25, -0.2) is 5.10 Å². The zero-order valence-electron chi connectivity index (χ0n) is 14.9. The number of hydrogen-bond donors (Lipinski definition) is 1. The predicted octanol–water partition coefficient (Wildman–Crippen LogP) is 5.19. The van der Waals surface area contributed by atoms with Crippen LogP contribution in [0.3, 0.4) is 0 Å². The van der Waals surface area contributed by atoms with Crippen molar-refractivity contribution in [3.63, 3.8) is 0 Å². The summed E-state index contributed by atoms with van der Waals surface area (Å²) in [6, 6.07) is 12.8. The highest BCUT2D eigenvalue weighted by atomic mass is 79.9. The number of aromatic amines is 1. The normalized spacial score (nSPS) is 11.8. The van der Waals surface area contributed by atoms with E-state index in [4.69, 9.17) is 21.7 Å². The Hall–Kier alpha value is -2.66. The van der Waals surface area contributed by atoms with Gasteiger partial charge < -0.3 is 9.47 Å². The van der Waals surface area contributed by atoms with Gasteiger partial charge in [0.1, 0.15) is 6.61 Å². The molecule has 0 aliphatic rings. The summed E-state index contributed by atoms with van der Waals surface area (Å²) in [4.78, 5) is 0. The molecule has 6 nitrogen and oxygen atoms in total. The first-order chi connectivity index (χ1) is 13.8. The molecule has 3 rings (SSSR count). The maximum Gasteiger partial charge on any atom is 0.453 e. The largest absolute Gasteiger partial charge is 0.493 e. The zero-order chi connectivity index (χ0) is 21.0. The molecule has 0 saturated heterocycles. The third-order valence-electron chi connectivity index (χ3n) is 3.70. The third kappa shape index (κ3) is 5.04. The Kier molecular flexibility index (Phi) is 6.38. The van der Waals surface area contributed by atoms with Crippen LogP contribution in [0.15, 0.2) is 52.0 Å². The number of ether oxygens (including phenoxy) is 2. The number of benzene rings is 2. The Bertz CT molecular complexity index is 1080. The molecule has 1 heterocycles. The standard InChI is InChI=1S/C18H14BrF3N4O2S/c1-27-14-8-12(9-23-26-16(18(20,21)22)24-25-17(26)29)7-13(19)15(14)28-10-11-5-3-2-4-6-11/h2-9H,10H2,1H3,(H,25,29). The van der Waals surface area contributed by atoms with Crippen LogP contribution in [0.1, 0.15) is 17.0 Å². The van der Waals surface area contributed by atoms with Gasteiger partial charge >= 0.3 is 6.18 Å². The van der Waals surface area contributed by atoms with Gasteiger partial charge in [0.25, 0.3) is 5.82 Å². The highest BCUT2D eigenvalue weighted by molar-refractivity contribution is 9.10. The molecular formula is C18H14BrF3N4O2S. The zero-order valence-corrected chi connectivity index (χ0v) is 17.3. The lowest BCUT2D eigenvalue weighted by atomic mass is 10.2. The second-order valence-electron chi connectivity index (χ2n) is 5.71. The molecule has 0 atom stereocenters. The minimum Gasteiger partial charge on any atom is -0.493 e. The van der Waals surface area contributed by atoms with Crippen molar-refractivity contribution in [1.29, 1.82) is 0 Å². The molecule has 0 aliphatic carbocycles. The van der Waals surface area contributed by atoms with Crippen molar-refractivity contribution in [2.75, 3.05) is 7.11 Å². The van der Waals surface area contributed by atoms with Gasteiger partial charge in [-0.1, -0.05) is 30.3 Å². The molecular weight excluding hydrogens is 473 g/mol. The second-order valence-corrected chi connectivity index (χ2v) is 6.96. The molecule has 1 aromatic heterocycles. The third-order valence-corrected chi connectivity index (χ3v) is 4.56. The minimum atomic E-state index is -4.70. The summed E-state index contributed by atoms with van der Waals surface area (Å²) in [6.45, 7) is 0.322. The summed E-state index contributed by atoms with van der Waals surface area (Å²) in [5.41, 5.74) is 1.44. The first-order valence-corrected chi connectivity index (χ1v) is 9.33. The van der Waals surface area contributed by atoms with E-state index in [1.54, 1.807) is 12.1 Å². The van der Waals surface area contributed by atoms with Gasteiger partial charge in [-0.15, -0.1) is 5.10 Å². The number of aromatic nitrogens is 3. The van der Waals surface area contributed by atoms with E-state index in [1.165, 1.54) is 13.3 Å². The van der Waals surface area contributed by atoms with Gasteiger partial charge in [0.05, 0.1) is 17.8 Å². The fourth-order valence-corrected chi connectivity index (χ4v) is 3.14. The van der Waals surface area contributed by atoms with Gasteiger partial charge in [-0.2, -0.15) is 22.9 Å². The number of rotatable bonds is 6. The van der Waals surface area contributed by atoms with Crippen molar-refractivity contribution in [3.8, 4) is 11.5 Å². The van der Waals surface area contributed by atoms with Crippen molar-refractivity contribution in [2.24, 2.45) is 5.10 Å². The molecule has 0 bridgehead atoms. The molecule has 0 radical (unpaired) electrons. The summed E-state index contributed by atoms with van der Waals surface area (Å²) in [6.07, 6.45) is -3.48. The molecule has 1 N–H and O–H groups in total. The highest BCUT2D eigenvalue weighted by Crippen LogP contribution is 2.37. The van der Waals surface area contributed by atoms with E-state index in [2.05, 4.69) is 31.2 Å². The van der Waals surface area contributed by atoms with Gasteiger partial charge in [-0.05, 0) is 51.4 Å². The number of halogens is 4. The maximum atomic E-state index is 13.0. The lowest BCUT2D eigenvalue weighted by Crippen LogP contribution is -2.12. The van der Waals surface area contributed by atoms with E-state index >= 15 is 0 Å². The van der Waals surface area contributed by atoms with Crippen LogP contribution >= 0.6 is 28.1 Å². The fourth-order valence-electron chi connectivity index (χ4n) is 2.39. The Morgan fingerprint density at radius 2 is 2.00 bits per heavy atom. The number of H-pyrrole nitrogens is 1. The average Bonchev–Trinajstić information content (AvgIpc) is 3.06. The Balaban J connectivity index is 1.87. The van der Waals surface area contributed by atoms with E-state index in [9.17, 15) is 13.2 Å². The summed E-state index contributed by atoms with van der Waals surface area (Å²) in [5, 5.41) is 9.05. The summed E-state index contributed by atoms with van der Waals surface area (Å²) >= 11 is 8.21. The van der Waals surface area contributed by atoms with E-state index < -0.39 is 12.0 Å². The van der Waals surface area contributed by atoms with Crippen LogP contribution in [-0.2, 0) is 12.8 Å². The smallest absolute Gasteiger partial charge is 0.453 e. The minimum absolute atomic E-state index is 0.276. The number of nitrogens with one attached hydrogen (secondary N) is 1. The van der Waals surface area contributed by atoms with Crippen molar-refractivity contribution in [1.82, 2.24) is 14.9 Å². The summed E-state index contributed by atoms with van der Waals surface area (Å²) in [7, 11) is 1.46. The molecule has 0 aliphatic heterocycles. The lowest BCUT2D eigenvalue weighted by molar-refractivity contribution is -0.147. The maximum absolute atomic E-state index is 13.0. The second kappa shape index (κ2) is 8.78. The number of alkyl halides is 3. The van der Waals surface area contributed by atoms with E-state index in [0.29, 0.717) is 32.8 Å². The molecule has 0 spiro atoms. The SMILES string of the molecule is COc1cc(C=Nn2c(C(F)(F)F)n[nH]c2=S)cc(Br)c1OCc1ccccc1. The monoisotopic (exact) mass is 486 g/mol. The number of hydrogen-bond acceptors (Lipinski definition) is 5. The molecule has 11 heteroatoms. The first kappa shape index (κ1) is 21.1. The van der Waals surface area contributed by atoms with Crippen LogP contribution in [0.5, 0.6) is 11.5 Å². The molecule has 0 unspecified atom stereocenters. The topological polar surface area (TPSA) is 64.4 Å². The van der Waals surface area contributed by atoms with E-state index in [1.807, 2.05) is 30.3 Å². The predicted molar refractivity (Wildman–Crippen MR) is 107 cm³/mol. The number of nitrogens with zero attached hydrogens (tertiary/aromatic N) is 3. The van der Waals surface area contributed by atoms with Crippen molar-refractivity contribution in [2.45, 2.75) is 12.8 Å². The molecule has 152 valence electrons. The van der Waals surface area contributed by atoms with Crippen LogP contribution < -0.4 is 9.47 Å². The highest BCUT2D eigenvalue weighted by Gasteiger charge is 2.37. The molecule has 2 aromatic carbocycles. The van der Waals surface area contributed by atoms with Crippen LogP contribution in [0.25, 0.3) is 0 Å².